The molecule has 7 nitrogen and oxygen atoms in total. The molecule has 1 saturated carbocycles. The molecule has 0 heterocycles. The minimum atomic E-state index is -3.52. The summed E-state index contributed by atoms with van der Waals surface area (Å²) in [7, 11) is -3.52. The third-order valence-electron chi connectivity index (χ3n) is 2.44. The molecular formula is C10H14N4O3S. The molecule has 0 bridgehead atoms. The molecule has 0 amide bonds. The van der Waals surface area contributed by atoms with Crippen molar-refractivity contribution in [1.29, 1.82) is 0 Å². The highest BCUT2D eigenvalue weighted by molar-refractivity contribution is 7.90. The minimum Gasteiger partial charge on any atom is -0.409 e. The molecule has 0 aromatic heterocycles. The largest absolute Gasteiger partial charge is 0.409 e. The van der Waals surface area contributed by atoms with E-state index in [-0.39, 0.29) is 11.9 Å². The zero-order valence-electron chi connectivity index (χ0n) is 9.50. The maximum Gasteiger partial charge on any atom is 0.299 e. The Balaban J connectivity index is 2.05. The third kappa shape index (κ3) is 3.34. The summed E-state index contributed by atoms with van der Waals surface area (Å²) in [6, 6.07) is 6.26. The van der Waals surface area contributed by atoms with Gasteiger partial charge in [-0.3, -0.25) is 4.72 Å². The average Bonchev–Trinajstić information content (AvgIpc) is 3.11. The van der Waals surface area contributed by atoms with Crippen LogP contribution >= 0.6 is 0 Å². The molecule has 0 spiro atoms. The highest BCUT2D eigenvalue weighted by Crippen LogP contribution is 2.20. The first kappa shape index (κ1) is 12.7. The number of rotatable bonds is 5. The molecule has 1 aliphatic carbocycles. The van der Waals surface area contributed by atoms with Gasteiger partial charge in [0.15, 0.2) is 5.84 Å². The van der Waals surface area contributed by atoms with Crippen LogP contribution in [0.4, 0.5) is 5.69 Å². The van der Waals surface area contributed by atoms with E-state index in [0.29, 0.717) is 11.3 Å². The lowest BCUT2D eigenvalue weighted by molar-refractivity contribution is 0.318. The maximum absolute atomic E-state index is 11.6. The summed E-state index contributed by atoms with van der Waals surface area (Å²) in [6.07, 6.45) is 1.76. The van der Waals surface area contributed by atoms with Crippen molar-refractivity contribution in [2.24, 2.45) is 10.9 Å². The molecule has 0 atom stereocenters. The summed E-state index contributed by atoms with van der Waals surface area (Å²) < 4.78 is 28.1. The van der Waals surface area contributed by atoms with Crippen LogP contribution in [0.5, 0.6) is 0 Å². The Labute approximate surface area is 105 Å². The van der Waals surface area contributed by atoms with Crippen LogP contribution in [0.15, 0.2) is 29.4 Å². The predicted molar refractivity (Wildman–Crippen MR) is 67.7 cm³/mol. The molecule has 0 unspecified atom stereocenters. The van der Waals surface area contributed by atoms with Gasteiger partial charge in [0, 0.05) is 17.3 Å². The smallest absolute Gasteiger partial charge is 0.299 e. The number of hydrogen-bond acceptors (Lipinski definition) is 4. The average molecular weight is 270 g/mol. The van der Waals surface area contributed by atoms with E-state index in [0.717, 1.165) is 12.8 Å². The van der Waals surface area contributed by atoms with Gasteiger partial charge in [0.05, 0.1) is 0 Å². The van der Waals surface area contributed by atoms with Crippen LogP contribution in [-0.2, 0) is 10.2 Å². The van der Waals surface area contributed by atoms with E-state index in [2.05, 4.69) is 14.6 Å². The minimum absolute atomic E-state index is 0.0273. The van der Waals surface area contributed by atoms with Crippen LogP contribution in [0.25, 0.3) is 0 Å². The summed E-state index contributed by atoms with van der Waals surface area (Å²) in [5.74, 6) is -0.0273. The molecule has 1 aromatic carbocycles. The maximum atomic E-state index is 11.6. The van der Waals surface area contributed by atoms with E-state index in [9.17, 15) is 8.42 Å². The van der Waals surface area contributed by atoms with E-state index in [1.165, 1.54) is 0 Å². The zero-order chi connectivity index (χ0) is 13.2. The molecule has 1 aromatic rings. The Kier molecular flexibility index (Phi) is 3.39. The molecule has 5 N–H and O–H groups in total. The van der Waals surface area contributed by atoms with Crippen molar-refractivity contribution >= 4 is 21.7 Å². The van der Waals surface area contributed by atoms with Crippen LogP contribution in [0, 0.1) is 0 Å². The molecule has 2 rings (SSSR count). The van der Waals surface area contributed by atoms with Crippen molar-refractivity contribution in [3.8, 4) is 0 Å². The fourth-order valence-electron chi connectivity index (χ4n) is 1.37. The van der Waals surface area contributed by atoms with Gasteiger partial charge in [0.25, 0.3) is 10.2 Å². The molecular weight excluding hydrogens is 256 g/mol. The Morgan fingerprint density at radius 2 is 1.94 bits per heavy atom. The van der Waals surface area contributed by atoms with Crippen molar-refractivity contribution in [2.45, 2.75) is 18.9 Å². The number of benzene rings is 1. The Morgan fingerprint density at radius 1 is 1.33 bits per heavy atom. The van der Waals surface area contributed by atoms with Crippen LogP contribution in [-0.4, -0.2) is 25.5 Å². The van der Waals surface area contributed by atoms with Gasteiger partial charge in [0.1, 0.15) is 0 Å². The van der Waals surface area contributed by atoms with Gasteiger partial charge in [0.2, 0.25) is 0 Å². The van der Waals surface area contributed by atoms with E-state index in [1.807, 2.05) is 0 Å². The third-order valence-corrected chi connectivity index (χ3v) is 3.59. The van der Waals surface area contributed by atoms with E-state index >= 15 is 0 Å². The first-order valence-corrected chi connectivity index (χ1v) is 6.86. The SMILES string of the molecule is N/C(=N/O)c1ccc(NS(=O)(=O)NC2CC2)cc1. The number of anilines is 1. The van der Waals surface area contributed by atoms with Crippen LogP contribution in [0.1, 0.15) is 18.4 Å². The van der Waals surface area contributed by atoms with Gasteiger partial charge >= 0.3 is 0 Å². The monoisotopic (exact) mass is 270 g/mol. The van der Waals surface area contributed by atoms with Gasteiger partial charge in [-0.05, 0) is 37.1 Å². The second kappa shape index (κ2) is 4.83. The van der Waals surface area contributed by atoms with Crippen LogP contribution in [0.2, 0.25) is 0 Å². The lowest BCUT2D eigenvalue weighted by atomic mass is 10.2. The quantitative estimate of drug-likeness (QED) is 0.264. The zero-order valence-corrected chi connectivity index (χ0v) is 10.3. The van der Waals surface area contributed by atoms with E-state index < -0.39 is 10.2 Å². The van der Waals surface area contributed by atoms with Gasteiger partial charge in [-0.2, -0.15) is 13.1 Å². The summed E-state index contributed by atoms with van der Waals surface area (Å²) >= 11 is 0. The van der Waals surface area contributed by atoms with Crippen molar-refractivity contribution in [3.63, 3.8) is 0 Å². The highest BCUT2D eigenvalue weighted by Gasteiger charge is 2.26. The molecule has 0 saturated heterocycles. The van der Waals surface area contributed by atoms with E-state index in [1.54, 1.807) is 24.3 Å². The number of nitrogens with zero attached hydrogens (tertiary/aromatic N) is 1. The molecule has 0 aliphatic heterocycles. The van der Waals surface area contributed by atoms with Gasteiger partial charge in [-0.15, -0.1) is 0 Å². The van der Waals surface area contributed by atoms with Crippen molar-refractivity contribution < 1.29 is 13.6 Å². The predicted octanol–water partition coefficient (Wildman–Crippen LogP) is 0.190. The first-order valence-electron chi connectivity index (χ1n) is 5.38. The van der Waals surface area contributed by atoms with Gasteiger partial charge in [-0.1, -0.05) is 5.16 Å². The number of nitrogens with one attached hydrogen (secondary N) is 2. The van der Waals surface area contributed by atoms with Gasteiger partial charge < -0.3 is 10.9 Å². The molecule has 8 heteroatoms. The highest BCUT2D eigenvalue weighted by atomic mass is 32.2. The summed E-state index contributed by atoms with van der Waals surface area (Å²) in [6.45, 7) is 0. The number of hydrogen-bond donors (Lipinski definition) is 4. The lowest BCUT2D eigenvalue weighted by Crippen LogP contribution is -2.31. The molecule has 1 fully saturated rings. The first-order chi connectivity index (χ1) is 8.50. The van der Waals surface area contributed by atoms with E-state index in [4.69, 9.17) is 10.9 Å². The fourth-order valence-corrected chi connectivity index (χ4v) is 2.55. The number of amidine groups is 1. The molecule has 1 aliphatic rings. The van der Waals surface area contributed by atoms with Crippen molar-refractivity contribution in [2.75, 3.05) is 4.72 Å². The lowest BCUT2D eigenvalue weighted by Gasteiger charge is -2.08. The summed E-state index contributed by atoms with van der Waals surface area (Å²) in [5.41, 5.74) is 6.32. The second-order valence-electron chi connectivity index (χ2n) is 4.06. The Morgan fingerprint density at radius 3 is 2.44 bits per heavy atom. The Bertz CT molecular complexity index is 549. The topological polar surface area (TPSA) is 117 Å². The van der Waals surface area contributed by atoms with Crippen LogP contribution in [0.3, 0.4) is 0 Å². The summed E-state index contributed by atoms with van der Waals surface area (Å²) in [5, 5.41) is 11.3. The van der Waals surface area contributed by atoms with Crippen LogP contribution < -0.4 is 15.2 Å². The Hall–Kier alpha value is -1.80. The standard InChI is InChI=1S/C10H14N4O3S/c11-10(12-15)7-1-3-8(4-2-7)13-18(16,17)14-9-5-6-9/h1-4,9,13-15H,5-6H2,(H2,11,12). The molecule has 18 heavy (non-hydrogen) atoms. The summed E-state index contributed by atoms with van der Waals surface area (Å²) in [4.78, 5) is 0. The fraction of sp³-hybridized carbons (Fsp3) is 0.300. The number of nitrogens with two attached hydrogens (primary N) is 1. The van der Waals surface area contributed by atoms with Gasteiger partial charge in [-0.25, -0.2) is 0 Å². The molecule has 0 radical (unpaired) electrons. The molecule has 98 valence electrons. The second-order valence-corrected chi connectivity index (χ2v) is 5.51. The number of oxime groups is 1. The van der Waals surface area contributed by atoms with Crippen molar-refractivity contribution in [3.05, 3.63) is 29.8 Å². The normalized spacial score (nSPS) is 16.6. The van der Waals surface area contributed by atoms with Crippen molar-refractivity contribution in [1.82, 2.24) is 4.72 Å².